The Labute approximate surface area is 272 Å². The first-order chi connectivity index (χ1) is 22.7. The minimum atomic E-state index is 0.421. The number of hydrogen-bond acceptors (Lipinski definition) is 0. The molecule has 0 unspecified atom stereocenters. The summed E-state index contributed by atoms with van der Waals surface area (Å²) >= 11 is 0. The van der Waals surface area contributed by atoms with E-state index in [4.69, 9.17) is 10.6 Å². The van der Waals surface area contributed by atoms with E-state index >= 15 is 0 Å². The van der Waals surface area contributed by atoms with E-state index in [1.54, 1.807) is 0 Å². The number of para-hydroxylation sites is 2. The molecule has 228 valence electrons. The molecule has 0 saturated heterocycles. The Morgan fingerprint density at radius 2 is 0.913 bits per heavy atom. The molecule has 1 aliphatic rings. The maximum atomic E-state index is 4.79. The summed E-state index contributed by atoms with van der Waals surface area (Å²) in [4.78, 5) is 0. The van der Waals surface area contributed by atoms with E-state index in [-0.39, 0.29) is 0 Å². The third-order valence-electron chi connectivity index (χ3n) is 9.55. The summed E-state index contributed by atoms with van der Waals surface area (Å²) in [5, 5.41) is 17.3. The highest BCUT2D eigenvalue weighted by atomic mass is 14.9. The number of fused-ring (bicyclic) bond motifs is 6. The standard InChI is InChI=1S/C42H40N4/c1-45-39-21-13-11-17-35(39)33-25-23-31-29-37(33)41(45)19-9-5-3-4-6-10-20-42-38-30-32(44-28-16-8-7-15-27-43-31)24-26-34(38)36-18-12-14-22-40(36)46(42)2/h11-14,17-18,21-26,29-30H,3-6,9-10,19-20,27-28H2,1-2H3. The third kappa shape index (κ3) is 5.96. The lowest BCUT2D eigenvalue weighted by Crippen LogP contribution is -2.35. The summed E-state index contributed by atoms with van der Waals surface area (Å²) in [5.74, 6) is 12.2. The minimum Gasteiger partial charge on any atom is -0.674 e. The fourth-order valence-electron chi connectivity index (χ4n) is 7.17. The van der Waals surface area contributed by atoms with Crippen molar-refractivity contribution in [3.05, 3.63) is 107 Å². The van der Waals surface area contributed by atoms with Crippen molar-refractivity contribution in [2.75, 3.05) is 13.1 Å². The molecule has 0 atom stereocenters. The second-order valence-corrected chi connectivity index (χ2v) is 12.4. The van der Waals surface area contributed by atoms with Gasteiger partial charge in [-0.15, -0.1) is 23.2 Å². The van der Waals surface area contributed by atoms with Crippen molar-refractivity contribution in [3.63, 3.8) is 0 Å². The largest absolute Gasteiger partial charge is 0.674 e. The Bertz CT molecular complexity index is 2050. The second kappa shape index (κ2) is 13.5. The number of nitrogens with zero attached hydrogens (tertiary/aromatic N) is 4. The zero-order valence-corrected chi connectivity index (χ0v) is 26.9. The SMILES string of the molecule is C[n+]1c2c3cc(ccc3c3ccccc31)[N-]CC#CC#CC[N-]c1ccc3c(c1)c([n+](C)c1ccccc31)CCCCCCCC2. The van der Waals surface area contributed by atoms with Gasteiger partial charge in [0.25, 0.3) is 0 Å². The second-order valence-electron chi connectivity index (χ2n) is 12.4. The Hall–Kier alpha value is -5.06. The number of benzene rings is 4. The van der Waals surface area contributed by atoms with Gasteiger partial charge in [0.2, 0.25) is 11.0 Å². The van der Waals surface area contributed by atoms with Gasteiger partial charge in [0.1, 0.15) is 14.1 Å². The number of hydrogen-bond donors (Lipinski definition) is 0. The van der Waals surface area contributed by atoms with Gasteiger partial charge in [0, 0.05) is 46.5 Å². The maximum absolute atomic E-state index is 4.79. The third-order valence-corrected chi connectivity index (χ3v) is 9.55. The lowest BCUT2D eigenvalue weighted by Gasteiger charge is -2.19. The summed E-state index contributed by atoms with van der Waals surface area (Å²) in [7, 11) is 4.43. The fourth-order valence-corrected chi connectivity index (χ4v) is 7.17. The van der Waals surface area contributed by atoms with Crippen LogP contribution in [0.2, 0.25) is 0 Å². The Morgan fingerprint density at radius 3 is 1.39 bits per heavy atom. The molecule has 0 aliphatic carbocycles. The monoisotopic (exact) mass is 600 g/mol. The summed E-state index contributed by atoms with van der Waals surface area (Å²) in [6.45, 7) is 0.843. The highest BCUT2D eigenvalue weighted by Crippen LogP contribution is 2.32. The van der Waals surface area contributed by atoms with Gasteiger partial charge in [-0.2, -0.15) is 9.13 Å². The van der Waals surface area contributed by atoms with Crippen LogP contribution in [0, 0.1) is 23.7 Å². The Kier molecular flexibility index (Phi) is 8.71. The van der Waals surface area contributed by atoms with E-state index in [0.29, 0.717) is 13.1 Å². The van der Waals surface area contributed by atoms with E-state index in [0.717, 1.165) is 24.2 Å². The zero-order valence-electron chi connectivity index (χ0n) is 26.9. The van der Waals surface area contributed by atoms with Crippen LogP contribution in [0.3, 0.4) is 0 Å². The molecular formula is C42H40N4. The molecule has 0 N–H and O–H groups in total. The van der Waals surface area contributed by atoms with E-state index in [1.807, 2.05) is 0 Å². The minimum absolute atomic E-state index is 0.421. The lowest BCUT2D eigenvalue weighted by atomic mass is 9.98. The van der Waals surface area contributed by atoms with Crippen molar-refractivity contribution in [3.8, 4) is 23.7 Å². The molecule has 6 aromatic rings. The number of aromatic nitrogens is 2. The molecule has 7 rings (SSSR count). The zero-order chi connectivity index (χ0) is 31.3. The molecule has 3 heterocycles. The molecule has 4 heteroatoms. The van der Waals surface area contributed by atoms with Crippen molar-refractivity contribution in [1.29, 1.82) is 0 Å². The first kappa shape index (κ1) is 29.6. The molecule has 1 aliphatic heterocycles. The molecular weight excluding hydrogens is 560 g/mol. The van der Waals surface area contributed by atoms with Crippen LogP contribution in [0.25, 0.3) is 54.0 Å². The predicted octanol–water partition coefficient (Wildman–Crippen LogP) is 9.11. The van der Waals surface area contributed by atoms with Gasteiger partial charge in [0.15, 0.2) is 11.4 Å². The quantitative estimate of drug-likeness (QED) is 0.0947. The summed E-state index contributed by atoms with van der Waals surface area (Å²) in [5.41, 5.74) is 7.26. The Morgan fingerprint density at radius 1 is 0.478 bits per heavy atom. The van der Waals surface area contributed by atoms with Crippen molar-refractivity contribution < 1.29 is 9.13 Å². The summed E-state index contributed by atoms with van der Waals surface area (Å²) in [6, 6.07) is 30.7. The van der Waals surface area contributed by atoms with Crippen molar-refractivity contribution >= 4 is 54.7 Å². The van der Waals surface area contributed by atoms with Gasteiger partial charge in [-0.3, -0.25) is 0 Å². The molecule has 46 heavy (non-hydrogen) atoms. The predicted molar refractivity (Wildman–Crippen MR) is 192 cm³/mol. The van der Waals surface area contributed by atoms with E-state index < -0.39 is 0 Å². The van der Waals surface area contributed by atoms with Gasteiger partial charge in [-0.25, -0.2) is 0 Å². The van der Waals surface area contributed by atoms with Gasteiger partial charge in [-0.1, -0.05) is 99.4 Å². The average Bonchev–Trinajstić information content (AvgIpc) is 3.09. The first-order valence-corrected chi connectivity index (χ1v) is 16.7. The highest BCUT2D eigenvalue weighted by Gasteiger charge is 2.19. The smallest absolute Gasteiger partial charge is 0.213 e. The van der Waals surface area contributed by atoms with Crippen molar-refractivity contribution in [2.24, 2.45) is 14.1 Å². The molecule has 0 amide bonds. The van der Waals surface area contributed by atoms with Crippen LogP contribution in [0.5, 0.6) is 0 Å². The summed E-state index contributed by atoms with van der Waals surface area (Å²) in [6.07, 6.45) is 9.50. The van der Waals surface area contributed by atoms with Crippen LogP contribution in [0.1, 0.15) is 49.9 Å². The molecule has 0 radical (unpaired) electrons. The van der Waals surface area contributed by atoms with Crippen LogP contribution in [-0.4, -0.2) is 13.1 Å². The van der Waals surface area contributed by atoms with Crippen LogP contribution in [-0.2, 0) is 26.9 Å². The van der Waals surface area contributed by atoms with Crippen molar-refractivity contribution in [1.82, 2.24) is 0 Å². The maximum Gasteiger partial charge on any atom is 0.213 e. The normalized spacial score (nSPS) is 14.7. The molecule has 4 aromatic carbocycles. The van der Waals surface area contributed by atoms with Crippen molar-refractivity contribution in [2.45, 2.75) is 51.4 Å². The molecule has 0 fully saturated rings. The fraction of sp³-hybridized carbons (Fsp3) is 0.286. The van der Waals surface area contributed by atoms with Gasteiger partial charge in [-0.05, 0) is 36.8 Å². The topological polar surface area (TPSA) is 36.0 Å². The van der Waals surface area contributed by atoms with Crippen LogP contribution < -0.4 is 9.13 Å². The molecule has 4 bridgehead atoms. The van der Waals surface area contributed by atoms with E-state index in [2.05, 4.69) is 132 Å². The Balaban J connectivity index is 1.17. The van der Waals surface area contributed by atoms with Gasteiger partial charge < -0.3 is 10.6 Å². The van der Waals surface area contributed by atoms with Crippen LogP contribution in [0.15, 0.2) is 84.9 Å². The number of pyridine rings is 2. The van der Waals surface area contributed by atoms with Crippen LogP contribution >= 0.6 is 0 Å². The highest BCUT2D eigenvalue weighted by molar-refractivity contribution is 6.07. The van der Waals surface area contributed by atoms with E-state index in [9.17, 15) is 0 Å². The van der Waals surface area contributed by atoms with Gasteiger partial charge >= 0.3 is 0 Å². The van der Waals surface area contributed by atoms with E-state index in [1.165, 1.54) is 93.3 Å². The molecule has 0 spiro atoms. The lowest BCUT2D eigenvalue weighted by molar-refractivity contribution is -0.651. The number of aryl methyl sites for hydroxylation is 4. The molecule has 4 nitrogen and oxygen atoms in total. The molecule has 0 saturated carbocycles. The van der Waals surface area contributed by atoms with Crippen LogP contribution in [0.4, 0.5) is 11.4 Å². The average molecular weight is 601 g/mol. The molecule has 2 aromatic heterocycles. The summed E-state index contributed by atoms with van der Waals surface area (Å²) < 4.78 is 4.79. The first-order valence-electron chi connectivity index (χ1n) is 16.7. The van der Waals surface area contributed by atoms with Gasteiger partial charge in [0.05, 0.1) is 10.8 Å². The number of rotatable bonds is 0.